The first-order valence-electron chi connectivity index (χ1n) is 12.3. The first-order chi connectivity index (χ1) is 16.7. The normalized spacial score (nSPS) is 18.5. The molecule has 4 heterocycles. The lowest BCUT2D eigenvalue weighted by Gasteiger charge is -2.43. The summed E-state index contributed by atoms with van der Waals surface area (Å²) in [6.45, 7) is 9.60. The van der Waals surface area contributed by atoms with E-state index in [1.807, 2.05) is 26.1 Å². The molecule has 186 valence electrons. The maximum atomic E-state index is 13.4. The highest BCUT2D eigenvalue weighted by atomic mass is 19.4. The number of anilines is 2. The molecule has 6 nitrogen and oxygen atoms in total. The van der Waals surface area contributed by atoms with Gasteiger partial charge in [-0.3, -0.25) is 0 Å². The molecule has 35 heavy (non-hydrogen) atoms. The minimum absolute atomic E-state index is 0.219. The molecule has 1 aromatic carbocycles. The third kappa shape index (κ3) is 4.66. The van der Waals surface area contributed by atoms with Crippen molar-refractivity contribution < 1.29 is 13.2 Å². The minimum atomic E-state index is -4.39. The van der Waals surface area contributed by atoms with Crippen LogP contribution in [-0.4, -0.2) is 52.3 Å². The molecule has 3 aromatic rings. The number of aromatic nitrogens is 3. The fourth-order valence-electron chi connectivity index (χ4n) is 5.32. The van der Waals surface area contributed by atoms with Crippen molar-refractivity contribution >= 4 is 22.4 Å². The Kier molecular flexibility index (Phi) is 6.29. The van der Waals surface area contributed by atoms with Crippen molar-refractivity contribution in [1.29, 1.82) is 0 Å². The van der Waals surface area contributed by atoms with E-state index >= 15 is 0 Å². The first kappa shape index (κ1) is 23.8. The minimum Gasteiger partial charge on any atom is -0.362 e. The highest BCUT2D eigenvalue weighted by Crippen LogP contribution is 2.36. The fraction of sp³-hybridized carbons (Fsp3) is 0.500. The van der Waals surface area contributed by atoms with Crippen LogP contribution in [0.15, 0.2) is 30.5 Å². The fourth-order valence-corrected chi connectivity index (χ4v) is 5.32. The molecule has 0 saturated carbocycles. The lowest BCUT2D eigenvalue weighted by molar-refractivity contribution is -0.138. The van der Waals surface area contributed by atoms with E-state index < -0.39 is 11.7 Å². The number of alkyl halides is 3. The third-order valence-corrected chi connectivity index (χ3v) is 7.53. The Labute approximate surface area is 203 Å². The molecule has 2 aromatic heterocycles. The topological polar surface area (TPSA) is 57.2 Å². The van der Waals surface area contributed by atoms with Crippen molar-refractivity contribution in [3.8, 4) is 0 Å². The van der Waals surface area contributed by atoms with E-state index in [1.54, 1.807) is 6.07 Å². The van der Waals surface area contributed by atoms with Gasteiger partial charge in [0.15, 0.2) is 5.82 Å². The highest BCUT2D eigenvalue weighted by Gasteiger charge is 2.33. The molecule has 9 heteroatoms. The van der Waals surface area contributed by atoms with E-state index in [-0.39, 0.29) is 11.6 Å². The molecule has 2 saturated heterocycles. The van der Waals surface area contributed by atoms with Crippen LogP contribution in [0.25, 0.3) is 10.8 Å². The summed E-state index contributed by atoms with van der Waals surface area (Å²) in [5.41, 5.74) is 0.954. The number of halogens is 3. The largest absolute Gasteiger partial charge is 0.416 e. The highest BCUT2D eigenvalue weighted by molar-refractivity contribution is 5.94. The standard InChI is InChI=1S/C26H31F3N6/c1-16-20(6-4-7-23(16)26(27,28)29)17(2)31-25-21-14-24(30-15-22(21)18(3)32-33-25)35-12-8-19(9-13-35)34-10-5-11-34/h4,6-7,14-15,17,19H,5,8-13H2,1-3H3,(H,31,33)/t17-/m1/s1. The number of nitrogens with one attached hydrogen (secondary N) is 1. The molecular weight excluding hydrogens is 453 g/mol. The van der Waals surface area contributed by atoms with E-state index in [0.29, 0.717) is 17.4 Å². The number of pyridine rings is 1. The number of rotatable bonds is 5. The Morgan fingerprint density at radius 3 is 2.43 bits per heavy atom. The molecule has 5 rings (SSSR count). The number of likely N-dealkylation sites (tertiary alicyclic amines) is 1. The molecule has 0 aliphatic carbocycles. The third-order valence-electron chi connectivity index (χ3n) is 7.53. The van der Waals surface area contributed by atoms with E-state index in [4.69, 9.17) is 4.98 Å². The van der Waals surface area contributed by atoms with Gasteiger partial charge >= 0.3 is 6.18 Å². The summed E-state index contributed by atoms with van der Waals surface area (Å²) in [7, 11) is 0. The average Bonchev–Trinajstić information content (AvgIpc) is 2.79. The van der Waals surface area contributed by atoms with Gasteiger partial charge in [0.1, 0.15) is 5.82 Å². The zero-order valence-electron chi connectivity index (χ0n) is 20.4. The summed E-state index contributed by atoms with van der Waals surface area (Å²) in [6.07, 6.45) is 1.01. The Hall–Kier alpha value is -2.94. The maximum absolute atomic E-state index is 13.4. The number of hydrogen-bond donors (Lipinski definition) is 1. The molecule has 2 fully saturated rings. The first-order valence-corrected chi connectivity index (χ1v) is 12.3. The van der Waals surface area contributed by atoms with Crippen molar-refractivity contribution in [1.82, 2.24) is 20.1 Å². The van der Waals surface area contributed by atoms with Crippen molar-refractivity contribution in [3.63, 3.8) is 0 Å². The molecule has 2 aliphatic heterocycles. The molecule has 0 unspecified atom stereocenters. The van der Waals surface area contributed by atoms with E-state index in [9.17, 15) is 13.2 Å². The van der Waals surface area contributed by atoms with E-state index in [2.05, 4.69) is 25.3 Å². The number of hydrogen-bond acceptors (Lipinski definition) is 6. The van der Waals surface area contributed by atoms with Crippen molar-refractivity contribution in [2.24, 2.45) is 0 Å². The van der Waals surface area contributed by atoms with Gasteiger partial charge in [0, 0.05) is 36.1 Å². The lowest BCUT2D eigenvalue weighted by atomic mass is 9.97. The van der Waals surface area contributed by atoms with E-state index in [0.717, 1.165) is 54.3 Å². The maximum Gasteiger partial charge on any atom is 0.416 e. The van der Waals surface area contributed by atoms with Crippen LogP contribution in [-0.2, 0) is 6.18 Å². The molecule has 0 bridgehead atoms. The average molecular weight is 485 g/mol. The Morgan fingerprint density at radius 2 is 1.77 bits per heavy atom. The molecule has 0 spiro atoms. The van der Waals surface area contributed by atoms with E-state index in [1.165, 1.54) is 32.5 Å². The Bertz CT molecular complexity index is 1220. The Balaban J connectivity index is 1.41. The predicted molar refractivity (Wildman–Crippen MR) is 132 cm³/mol. The van der Waals surface area contributed by atoms with Gasteiger partial charge in [0.05, 0.1) is 17.3 Å². The number of fused-ring (bicyclic) bond motifs is 1. The molecule has 0 radical (unpaired) electrons. The monoisotopic (exact) mass is 484 g/mol. The Morgan fingerprint density at radius 1 is 1.03 bits per heavy atom. The molecule has 1 atom stereocenters. The van der Waals surface area contributed by atoms with Crippen LogP contribution in [0, 0.1) is 13.8 Å². The van der Waals surface area contributed by atoms with Gasteiger partial charge in [-0.2, -0.15) is 18.3 Å². The van der Waals surface area contributed by atoms with Crippen molar-refractivity contribution in [3.05, 3.63) is 52.8 Å². The second kappa shape index (κ2) is 9.26. The predicted octanol–water partition coefficient (Wildman–Crippen LogP) is 5.51. The SMILES string of the molecule is Cc1c([C@@H](C)Nc2nnc(C)c3cnc(N4CCC(N5CCC5)CC4)cc23)cccc1C(F)(F)F. The van der Waals surface area contributed by atoms with Crippen LogP contribution in [0.2, 0.25) is 0 Å². The summed E-state index contributed by atoms with van der Waals surface area (Å²) in [5.74, 6) is 1.45. The van der Waals surface area contributed by atoms with Crippen LogP contribution < -0.4 is 10.2 Å². The number of aryl methyl sites for hydroxylation is 1. The second-order valence-corrected chi connectivity index (χ2v) is 9.71. The lowest BCUT2D eigenvalue weighted by Crippen LogP contribution is -2.50. The number of piperidine rings is 1. The van der Waals surface area contributed by atoms with Crippen LogP contribution in [0.3, 0.4) is 0 Å². The number of nitrogens with zero attached hydrogens (tertiary/aromatic N) is 5. The van der Waals surface area contributed by atoms with Crippen molar-refractivity contribution in [2.45, 2.75) is 58.3 Å². The zero-order valence-corrected chi connectivity index (χ0v) is 20.4. The van der Waals surface area contributed by atoms with Crippen molar-refractivity contribution in [2.75, 3.05) is 36.4 Å². The smallest absolute Gasteiger partial charge is 0.362 e. The summed E-state index contributed by atoms with van der Waals surface area (Å²) in [6, 6.07) is 6.61. The second-order valence-electron chi connectivity index (χ2n) is 9.71. The summed E-state index contributed by atoms with van der Waals surface area (Å²) >= 11 is 0. The molecule has 2 aliphatic rings. The van der Waals surface area contributed by atoms with Gasteiger partial charge in [0.25, 0.3) is 0 Å². The van der Waals surface area contributed by atoms with Crippen LogP contribution in [0.5, 0.6) is 0 Å². The van der Waals surface area contributed by atoms with Gasteiger partial charge in [-0.1, -0.05) is 12.1 Å². The van der Waals surface area contributed by atoms with Crippen LogP contribution in [0.1, 0.15) is 54.6 Å². The van der Waals surface area contributed by atoms with Gasteiger partial charge in [-0.15, -0.1) is 5.10 Å². The quantitative estimate of drug-likeness (QED) is 0.516. The molecule has 0 amide bonds. The van der Waals surface area contributed by atoms with Crippen LogP contribution >= 0.6 is 0 Å². The molecular formula is C26H31F3N6. The van der Waals surface area contributed by atoms with Gasteiger partial charge in [0.2, 0.25) is 0 Å². The molecule has 1 N–H and O–H groups in total. The number of benzene rings is 1. The van der Waals surface area contributed by atoms with Gasteiger partial charge in [-0.25, -0.2) is 4.98 Å². The van der Waals surface area contributed by atoms with Crippen LogP contribution in [0.4, 0.5) is 24.8 Å². The summed E-state index contributed by atoms with van der Waals surface area (Å²) in [4.78, 5) is 9.61. The van der Waals surface area contributed by atoms with Gasteiger partial charge < -0.3 is 15.1 Å². The summed E-state index contributed by atoms with van der Waals surface area (Å²) < 4.78 is 40.3. The van der Waals surface area contributed by atoms with Gasteiger partial charge in [-0.05, 0) is 76.4 Å². The summed E-state index contributed by atoms with van der Waals surface area (Å²) in [5, 5.41) is 13.7. The zero-order chi connectivity index (χ0) is 24.7.